The first-order chi connectivity index (χ1) is 16.7. The van der Waals surface area contributed by atoms with Crippen LogP contribution in [0.4, 0.5) is 11.6 Å². The van der Waals surface area contributed by atoms with Crippen molar-refractivity contribution in [3.8, 4) is 0 Å². The molecule has 3 N–H and O–H groups in total. The average Bonchev–Trinajstić information content (AvgIpc) is 2.82. The van der Waals surface area contributed by atoms with Gasteiger partial charge >= 0.3 is 5.97 Å². The average molecular weight is 471 g/mol. The van der Waals surface area contributed by atoms with E-state index in [1.54, 1.807) is 30.3 Å². The highest BCUT2D eigenvalue weighted by atomic mass is 16.4. The van der Waals surface area contributed by atoms with Gasteiger partial charge in [0.25, 0.3) is 0 Å². The second-order valence-corrected chi connectivity index (χ2v) is 9.15. The van der Waals surface area contributed by atoms with Crippen LogP contribution in [0.5, 0.6) is 0 Å². The molecule has 1 unspecified atom stereocenters. The van der Waals surface area contributed by atoms with Crippen molar-refractivity contribution in [3.63, 3.8) is 0 Å². The van der Waals surface area contributed by atoms with Crippen molar-refractivity contribution in [2.45, 2.75) is 25.5 Å². The summed E-state index contributed by atoms with van der Waals surface area (Å²) < 4.78 is 6.26. The lowest BCUT2D eigenvalue weighted by molar-refractivity contribution is 0.00517. The largest absolute Gasteiger partial charge is 0.478 e. The minimum atomic E-state index is -1.02. The van der Waals surface area contributed by atoms with Gasteiger partial charge in [-0.3, -0.25) is 4.79 Å². The number of aryl methyl sites for hydroxylation is 1. The van der Waals surface area contributed by atoms with E-state index >= 15 is 0 Å². The molecule has 0 bridgehead atoms. The van der Waals surface area contributed by atoms with E-state index in [1.165, 1.54) is 6.07 Å². The molecule has 1 fully saturated rings. The Morgan fingerprint density at radius 1 is 1.06 bits per heavy atom. The molecule has 0 spiro atoms. The maximum atomic E-state index is 13.1. The van der Waals surface area contributed by atoms with E-state index in [-0.39, 0.29) is 17.0 Å². The number of aliphatic hydroxyl groups is 1. The molecule has 0 aliphatic carbocycles. The molecule has 1 aliphatic heterocycles. The number of anilines is 2. The first-order valence-corrected chi connectivity index (χ1v) is 11.5. The molecule has 0 saturated carbocycles. The van der Waals surface area contributed by atoms with Crippen molar-refractivity contribution < 1.29 is 19.4 Å². The molecule has 1 aromatic heterocycles. The van der Waals surface area contributed by atoms with Gasteiger partial charge in [0.15, 0.2) is 11.3 Å². The second-order valence-electron chi connectivity index (χ2n) is 9.15. The van der Waals surface area contributed by atoms with Crippen molar-refractivity contribution in [3.05, 3.63) is 105 Å². The van der Waals surface area contributed by atoms with Crippen LogP contribution in [0.1, 0.15) is 40.0 Å². The zero-order chi connectivity index (χ0) is 24.7. The van der Waals surface area contributed by atoms with Gasteiger partial charge in [-0.05, 0) is 43.2 Å². The molecule has 5 rings (SSSR count). The van der Waals surface area contributed by atoms with Crippen molar-refractivity contribution in [2.75, 3.05) is 23.3 Å². The number of β-amino-alcohol motifs (C(OH)–C–C–N with tert-alkyl or cyclic N) is 1. The summed E-state index contributed by atoms with van der Waals surface area (Å²) in [6.45, 7) is 4.43. The zero-order valence-electron chi connectivity index (χ0n) is 19.5. The third-order valence-electron chi connectivity index (χ3n) is 6.51. The number of carboxylic acids is 1. The first kappa shape index (κ1) is 22.7. The van der Waals surface area contributed by atoms with Gasteiger partial charge in [0.05, 0.1) is 30.1 Å². The number of fused-ring (bicyclic) bond motifs is 1. The molecule has 1 saturated heterocycles. The molecule has 3 aromatic carbocycles. The van der Waals surface area contributed by atoms with E-state index in [0.29, 0.717) is 35.6 Å². The summed E-state index contributed by atoms with van der Waals surface area (Å²) in [6, 6.07) is 21.0. The summed E-state index contributed by atoms with van der Waals surface area (Å²) in [6.07, 6.45) is 0. The number of hydrogen-bond acceptors (Lipinski definition) is 6. The highest BCUT2D eigenvalue weighted by molar-refractivity contribution is 5.94. The Morgan fingerprint density at radius 3 is 2.46 bits per heavy atom. The molecule has 1 atom stereocenters. The summed E-state index contributed by atoms with van der Waals surface area (Å²) in [5.41, 5.74) is 2.40. The van der Waals surface area contributed by atoms with Crippen molar-refractivity contribution in [1.82, 2.24) is 0 Å². The van der Waals surface area contributed by atoms with Gasteiger partial charge in [0.1, 0.15) is 11.2 Å². The molecule has 178 valence electrons. The van der Waals surface area contributed by atoms with Crippen LogP contribution in [0, 0.1) is 6.92 Å². The Morgan fingerprint density at radius 2 is 1.74 bits per heavy atom. The van der Waals surface area contributed by atoms with E-state index in [4.69, 9.17) is 4.42 Å². The summed E-state index contributed by atoms with van der Waals surface area (Å²) in [7, 11) is 0. The quantitative estimate of drug-likeness (QED) is 0.376. The summed E-state index contributed by atoms with van der Waals surface area (Å²) in [4.78, 5) is 26.5. The maximum Gasteiger partial charge on any atom is 0.337 e. The number of para-hydroxylation sites is 1. The van der Waals surface area contributed by atoms with Gasteiger partial charge in [0.2, 0.25) is 0 Å². The Labute approximate surface area is 202 Å². The Balaban J connectivity index is 1.50. The highest BCUT2D eigenvalue weighted by Gasteiger charge is 2.44. The van der Waals surface area contributed by atoms with E-state index < -0.39 is 11.6 Å². The molecular weight excluding hydrogens is 444 g/mol. The Hall–Kier alpha value is -4.10. The maximum absolute atomic E-state index is 13.1. The topological polar surface area (TPSA) is 103 Å². The normalized spacial score (nSPS) is 15.5. The number of nitrogens with zero attached hydrogens (tertiary/aromatic N) is 1. The second kappa shape index (κ2) is 8.60. The van der Waals surface area contributed by atoms with Gasteiger partial charge in [-0.2, -0.15) is 0 Å². The number of hydrogen-bond donors (Lipinski definition) is 3. The van der Waals surface area contributed by atoms with Crippen molar-refractivity contribution >= 4 is 28.5 Å². The predicted octanol–water partition coefficient (Wildman–Crippen LogP) is 4.68. The molecule has 35 heavy (non-hydrogen) atoms. The van der Waals surface area contributed by atoms with Crippen LogP contribution < -0.4 is 15.6 Å². The molecule has 0 radical (unpaired) electrons. The van der Waals surface area contributed by atoms with Gasteiger partial charge in [-0.15, -0.1) is 0 Å². The Bertz CT molecular complexity index is 1470. The van der Waals surface area contributed by atoms with Gasteiger partial charge in [-0.25, -0.2) is 4.79 Å². The minimum absolute atomic E-state index is 0.166. The van der Waals surface area contributed by atoms with Crippen LogP contribution in [-0.4, -0.2) is 29.3 Å². The lowest BCUT2D eigenvalue weighted by atomic mass is 9.86. The van der Waals surface area contributed by atoms with Crippen LogP contribution in [-0.2, 0) is 5.60 Å². The fourth-order valence-corrected chi connectivity index (χ4v) is 4.68. The number of carbonyl (C=O) groups is 1. The van der Waals surface area contributed by atoms with Crippen molar-refractivity contribution in [2.24, 2.45) is 0 Å². The van der Waals surface area contributed by atoms with E-state index in [1.807, 2.05) is 55.1 Å². The molecule has 7 nitrogen and oxygen atoms in total. The third kappa shape index (κ3) is 4.15. The SMILES string of the molecule is Cc1cc(C(C)Nc2ccccc2C(=O)O)c2oc(N3CC(O)(c4ccccc4)C3)cc(=O)c2c1. The lowest BCUT2D eigenvalue weighted by Gasteiger charge is -2.47. The number of carboxylic acid groups (broad SMARTS) is 1. The molecule has 7 heteroatoms. The van der Waals surface area contributed by atoms with Crippen LogP contribution in [0.25, 0.3) is 11.0 Å². The molecule has 4 aromatic rings. The Kier molecular flexibility index (Phi) is 5.57. The summed E-state index contributed by atoms with van der Waals surface area (Å²) in [5.74, 6) is -0.627. The third-order valence-corrected chi connectivity index (χ3v) is 6.51. The first-order valence-electron chi connectivity index (χ1n) is 11.5. The number of benzene rings is 3. The summed E-state index contributed by atoms with van der Waals surface area (Å²) in [5, 5.41) is 24.2. The minimum Gasteiger partial charge on any atom is -0.478 e. The number of aromatic carboxylic acids is 1. The van der Waals surface area contributed by atoms with E-state index in [2.05, 4.69) is 5.32 Å². The van der Waals surface area contributed by atoms with Crippen molar-refractivity contribution in [1.29, 1.82) is 0 Å². The molecular formula is C28H26N2O5. The van der Waals surface area contributed by atoms with Crippen LogP contribution in [0.2, 0.25) is 0 Å². The molecule has 2 heterocycles. The number of rotatable bonds is 6. The van der Waals surface area contributed by atoms with E-state index in [0.717, 1.165) is 16.7 Å². The van der Waals surface area contributed by atoms with Crippen LogP contribution in [0.15, 0.2) is 82.0 Å². The fraction of sp³-hybridized carbons (Fsp3) is 0.214. The van der Waals surface area contributed by atoms with Gasteiger partial charge in [-0.1, -0.05) is 48.5 Å². The van der Waals surface area contributed by atoms with Gasteiger partial charge < -0.3 is 24.8 Å². The van der Waals surface area contributed by atoms with Gasteiger partial charge in [0, 0.05) is 17.3 Å². The monoisotopic (exact) mass is 470 g/mol. The highest BCUT2D eigenvalue weighted by Crippen LogP contribution is 2.37. The lowest BCUT2D eigenvalue weighted by Crippen LogP contribution is -2.59. The predicted molar refractivity (Wildman–Crippen MR) is 135 cm³/mol. The van der Waals surface area contributed by atoms with Crippen LogP contribution in [0.3, 0.4) is 0 Å². The zero-order valence-corrected chi connectivity index (χ0v) is 19.5. The fourth-order valence-electron chi connectivity index (χ4n) is 4.68. The smallest absolute Gasteiger partial charge is 0.337 e. The number of nitrogens with one attached hydrogen (secondary N) is 1. The van der Waals surface area contributed by atoms with Crippen LogP contribution >= 0.6 is 0 Å². The summed E-state index contributed by atoms with van der Waals surface area (Å²) >= 11 is 0. The molecule has 1 aliphatic rings. The standard InChI is InChI=1S/C28H26N2O5/c1-17-12-21(18(2)29-23-11-7-6-10-20(23)27(32)33)26-22(13-17)24(31)14-25(35-26)30-15-28(34,16-30)19-8-4-3-5-9-19/h3-14,18,29,34H,15-16H2,1-2H3,(H,32,33). The van der Waals surface area contributed by atoms with E-state index in [9.17, 15) is 19.8 Å². The molecule has 0 amide bonds.